The van der Waals surface area contributed by atoms with Crippen molar-refractivity contribution in [3.63, 3.8) is 0 Å². The van der Waals surface area contributed by atoms with Crippen molar-refractivity contribution in [2.24, 2.45) is 0 Å². The van der Waals surface area contributed by atoms with Crippen LogP contribution in [0.25, 0.3) is 28.2 Å². The summed E-state index contributed by atoms with van der Waals surface area (Å²) in [5.41, 5.74) is 7.33. The molecule has 3 aromatic heterocycles. The van der Waals surface area contributed by atoms with Crippen LogP contribution in [-0.4, -0.2) is 42.3 Å². The first-order valence-corrected chi connectivity index (χ1v) is 10.7. The van der Waals surface area contributed by atoms with Crippen molar-refractivity contribution in [1.29, 1.82) is 0 Å². The van der Waals surface area contributed by atoms with Crippen LogP contribution in [0.4, 0.5) is 11.5 Å². The van der Waals surface area contributed by atoms with Gasteiger partial charge in [0.2, 0.25) is 0 Å². The van der Waals surface area contributed by atoms with Crippen LogP contribution in [0, 0.1) is 0 Å². The Kier molecular flexibility index (Phi) is 5.10. The number of benzene rings is 2. The molecule has 5 aromatic rings. The lowest BCUT2D eigenvalue weighted by Crippen LogP contribution is -2.15. The normalized spacial score (nSPS) is 11.2. The number of nitrogens with one attached hydrogen (secondary N) is 1. The molecule has 3 heterocycles. The van der Waals surface area contributed by atoms with Gasteiger partial charge in [-0.25, -0.2) is 10.1 Å². The summed E-state index contributed by atoms with van der Waals surface area (Å²) in [6.07, 6.45) is 3.69. The highest BCUT2D eigenvalue weighted by Gasteiger charge is 2.15. The highest BCUT2D eigenvalue weighted by Crippen LogP contribution is 2.32. The standard InChI is InChI=1S/C24H24N8/c1-4-16-15-25-32-22(14-18(5-2)26-24(16)32)31(3)19-12-10-17(11-13-19)20-8-6-7-9-21(20)23-27-29-30-28-23/h6-15H,4-5H2,1-3H3,(H,27,28,29,30). The Morgan fingerprint density at radius 1 is 0.969 bits per heavy atom. The van der Waals surface area contributed by atoms with Crippen molar-refractivity contribution in [3.8, 4) is 22.5 Å². The molecule has 0 saturated heterocycles. The number of H-pyrrole nitrogens is 1. The summed E-state index contributed by atoms with van der Waals surface area (Å²) in [7, 11) is 2.06. The maximum absolute atomic E-state index is 4.80. The van der Waals surface area contributed by atoms with Gasteiger partial charge in [-0.3, -0.25) is 0 Å². The van der Waals surface area contributed by atoms with Crippen molar-refractivity contribution in [1.82, 2.24) is 35.2 Å². The first kappa shape index (κ1) is 19.9. The largest absolute Gasteiger partial charge is 0.329 e. The quantitative estimate of drug-likeness (QED) is 0.433. The van der Waals surface area contributed by atoms with Crippen molar-refractivity contribution in [2.75, 3.05) is 11.9 Å². The van der Waals surface area contributed by atoms with Crippen molar-refractivity contribution in [2.45, 2.75) is 26.7 Å². The van der Waals surface area contributed by atoms with Crippen LogP contribution in [-0.2, 0) is 12.8 Å². The summed E-state index contributed by atoms with van der Waals surface area (Å²) >= 11 is 0. The molecule has 8 nitrogen and oxygen atoms in total. The number of fused-ring (bicyclic) bond motifs is 1. The van der Waals surface area contributed by atoms with E-state index in [1.807, 2.05) is 28.9 Å². The molecule has 0 unspecified atom stereocenters. The van der Waals surface area contributed by atoms with E-state index in [9.17, 15) is 0 Å². The second kappa shape index (κ2) is 8.22. The Bertz CT molecular complexity index is 1350. The number of anilines is 2. The Labute approximate surface area is 185 Å². The van der Waals surface area contributed by atoms with Gasteiger partial charge in [-0.1, -0.05) is 50.2 Å². The molecule has 2 aromatic carbocycles. The molecule has 0 aliphatic rings. The van der Waals surface area contributed by atoms with Gasteiger partial charge in [0.25, 0.3) is 0 Å². The first-order valence-electron chi connectivity index (χ1n) is 10.7. The number of aromatic amines is 1. The van der Waals surface area contributed by atoms with E-state index >= 15 is 0 Å². The second-order valence-electron chi connectivity index (χ2n) is 7.62. The molecule has 32 heavy (non-hydrogen) atoms. The molecule has 0 spiro atoms. The van der Waals surface area contributed by atoms with Gasteiger partial charge in [0.15, 0.2) is 11.5 Å². The van der Waals surface area contributed by atoms with E-state index in [2.05, 4.69) is 87.9 Å². The average molecular weight is 425 g/mol. The molecule has 1 N–H and O–H groups in total. The maximum Gasteiger partial charge on any atom is 0.180 e. The molecular formula is C24H24N8. The highest BCUT2D eigenvalue weighted by atomic mass is 15.5. The molecule has 8 heteroatoms. The van der Waals surface area contributed by atoms with Crippen LogP contribution < -0.4 is 4.90 Å². The Morgan fingerprint density at radius 2 is 1.75 bits per heavy atom. The molecule has 0 amide bonds. The highest BCUT2D eigenvalue weighted by molar-refractivity contribution is 5.81. The smallest absolute Gasteiger partial charge is 0.180 e. The summed E-state index contributed by atoms with van der Waals surface area (Å²) in [6.45, 7) is 4.26. The predicted octanol–water partition coefficient (Wildman–Crippen LogP) is 4.47. The van der Waals surface area contributed by atoms with Crippen LogP contribution in [0.2, 0.25) is 0 Å². The van der Waals surface area contributed by atoms with Gasteiger partial charge >= 0.3 is 0 Å². The van der Waals surface area contributed by atoms with Crippen LogP contribution >= 0.6 is 0 Å². The van der Waals surface area contributed by atoms with Crippen LogP contribution in [0.1, 0.15) is 25.1 Å². The maximum atomic E-state index is 4.80. The van der Waals surface area contributed by atoms with Gasteiger partial charge in [-0.05, 0) is 46.5 Å². The number of rotatable bonds is 6. The van der Waals surface area contributed by atoms with Gasteiger partial charge in [0.05, 0.1) is 6.20 Å². The molecule has 0 aliphatic carbocycles. The minimum absolute atomic E-state index is 0.651. The van der Waals surface area contributed by atoms with E-state index in [1.54, 1.807) is 0 Å². The predicted molar refractivity (Wildman–Crippen MR) is 125 cm³/mol. The minimum Gasteiger partial charge on any atom is -0.329 e. The molecule has 0 radical (unpaired) electrons. The fourth-order valence-electron chi connectivity index (χ4n) is 3.92. The molecule has 0 saturated carbocycles. The summed E-state index contributed by atoms with van der Waals surface area (Å²) in [5.74, 6) is 1.64. The Morgan fingerprint density at radius 3 is 2.44 bits per heavy atom. The second-order valence-corrected chi connectivity index (χ2v) is 7.62. The fourth-order valence-corrected chi connectivity index (χ4v) is 3.92. The fraction of sp³-hybridized carbons (Fsp3) is 0.208. The topological polar surface area (TPSA) is 87.9 Å². The molecule has 5 rings (SSSR count). The van der Waals surface area contributed by atoms with E-state index in [0.717, 1.165) is 57.9 Å². The third kappa shape index (κ3) is 3.39. The Hall–Kier alpha value is -4.07. The van der Waals surface area contributed by atoms with Gasteiger partial charge in [0.1, 0.15) is 5.82 Å². The average Bonchev–Trinajstić information content (AvgIpc) is 3.53. The zero-order valence-corrected chi connectivity index (χ0v) is 18.3. The van der Waals surface area contributed by atoms with E-state index < -0.39 is 0 Å². The molecule has 160 valence electrons. The number of aryl methyl sites for hydroxylation is 2. The van der Waals surface area contributed by atoms with Gasteiger partial charge in [-0.2, -0.15) is 9.61 Å². The van der Waals surface area contributed by atoms with E-state index in [-0.39, 0.29) is 0 Å². The molecule has 0 atom stereocenters. The van der Waals surface area contributed by atoms with E-state index in [0.29, 0.717) is 5.82 Å². The lowest BCUT2D eigenvalue weighted by molar-refractivity contribution is 0.881. The molecule has 0 aliphatic heterocycles. The zero-order chi connectivity index (χ0) is 22.1. The third-order valence-electron chi connectivity index (χ3n) is 5.76. The first-order chi connectivity index (χ1) is 15.7. The van der Waals surface area contributed by atoms with E-state index in [4.69, 9.17) is 4.98 Å². The SMILES string of the molecule is CCc1cc(N(C)c2ccc(-c3ccccc3-c3nnn[nH]3)cc2)n2ncc(CC)c2n1. The van der Waals surface area contributed by atoms with Crippen LogP contribution in [0.5, 0.6) is 0 Å². The summed E-state index contributed by atoms with van der Waals surface area (Å²) in [5, 5.41) is 19.0. The summed E-state index contributed by atoms with van der Waals surface area (Å²) in [6, 6.07) is 18.7. The summed E-state index contributed by atoms with van der Waals surface area (Å²) < 4.78 is 1.93. The zero-order valence-electron chi connectivity index (χ0n) is 18.3. The number of hydrogen-bond acceptors (Lipinski definition) is 6. The van der Waals surface area contributed by atoms with Gasteiger partial charge in [0, 0.05) is 35.6 Å². The number of tetrazole rings is 1. The number of hydrogen-bond donors (Lipinski definition) is 1. The lowest BCUT2D eigenvalue weighted by atomic mass is 9.99. The molecule has 0 bridgehead atoms. The molecule has 0 fully saturated rings. The summed E-state index contributed by atoms with van der Waals surface area (Å²) in [4.78, 5) is 6.95. The van der Waals surface area contributed by atoms with E-state index in [1.165, 1.54) is 0 Å². The minimum atomic E-state index is 0.651. The third-order valence-corrected chi connectivity index (χ3v) is 5.76. The number of nitrogens with zero attached hydrogens (tertiary/aromatic N) is 7. The monoisotopic (exact) mass is 424 g/mol. The van der Waals surface area contributed by atoms with Crippen molar-refractivity contribution >= 4 is 17.2 Å². The Balaban J connectivity index is 1.53. The number of aromatic nitrogens is 7. The van der Waals surface area contributed by atoms with Crippen molar-refractivity contribution in [3.05, 3.63) is 72.1 Å². The van der Waals surface area contributed by atoms with Gasteiger partial charge in [-0.15, -0.1) is 5.10 Å². The van der Waals surface area contributed by atoms with Gasteiger partial charge < -0.3 is 4.90 Å². The molecular weight excluding hydrogens is 400 g/mol. The van der Waals surface area contributed by atoms with Crippen molar-refractivity contribution < 1.29 is 0 Å². The van der Waals surface area contributed by atoms with Crippen LogP contribution in [0.15, 0.2) is 60.8 Å². The van der Waals surface area contributed by atoms with Crippen LogP contribution in [0.3, 0.4) is 0 Å². The lowest BCUT2D eigenvalue weighted by Gasteiger charge is -2.21.